The van der Waals surface area contributed by atoms with Crippen molar-refractivity contribution in [2.75, 3.05) is 0 Å². The van der Waals surface area contributed by atoms with Gasteiger partial charge in [-0.05, 0) is 36.8 Å². The molecular formula is C17H16BrNO. The van der Waals surface area contributed by atoms with Gasteiger partial charge in [-0.15, -0.1) is 0 Å². The Hall–Kier alpha value is -1.61. The molecule has 0 aromatic heterocycles. The Bertz CT molecular complexity index is 634. The van der Waals surface area contributed by atoms with Crippen molar-refractivity contribution in [3.63, 3.8) is 0 Å². The predicted octanol–water partition coefficient (Wildman–Crippen LogP) is 5.40. The Balaban J connectivity index is 2.01. The van der Waals surface area contributed by atoms with Crippen molar-refractivity contribution in [1.29, 1.82) is 0 Å². The number of ether oxygens (including phenoxy) is 1. The molecule has 0 N–H and O–H groups in total. The zero-order valence-corrected chi connectivity index (χ0v) is 12.9. The van der Waals surface area contributed by atoms with Crippen molar-refractivity contribution in [3.05, 3.63) is 64.1 Å². The van der Waals surface area contributed by atoms with Crippen LogP contribution in [0, 0.1) is 0 Å². The van der Waals surface area contributed by atoms with Gasteiger partial charge in [0.1, 0.15) is 6.10 Å². The zero-order chi connectivity index (χ0) is 13.9. The van der Waals surface area contributed by atoms with Gasteiger partial charge < -0.3 is 4.74 Å². The molecule has 0 saturated heterocycles. The molecular weight excluding hydrogens is 314 g/mol. The predicted molar refractivity (Wildman–Crippen MR) is 85.5 cm³/mol. The molecule has 2 aromatic rings. The standard InChI is InChI=1S/C17H16BrNO/c1-2-5-16-14-6-3-4-7-15(14)19-17(20-16)12-8-10-13(18)11-9-12/h3-4,6-11,16H,2,5H2,1H3. The maximum atomic E-state index is 6.11. The minimum Gasteiger partial charge on any atom is -0.469 e. The molecule has 1 heterocycles. The van der Waals surface area contributed by atoms with E-state index in [4.69, 9.17) is 4.74 Å². The van der Waals surface area contributed by atoms with Gasteiger partial charge in [0.15, 0.2) is 0 Å². The quantitative estimate of drug-likeness (QED) is 0.738. The molecule has 2 nitrogen and oxygen atoms in total. The van der Waals surface area contributed by atoms with Crippen molar-refractivity contribution in [3.8, 4) is 0 Å². The van der Waals surface area contributed by atoms with Crippen LogP contribution in [0.5, 0.6) is 0 Å². The number of para-hydroxylation sites is 1. The van der Waals surface area contributed by atoms with Crippen molar-refractivity contribution in [1.82, 2.24) is 0 Å². The number of hydrogen-bond donors (Lipinski definition) is 0. The van der Waals surface area contributed by atoms with Crippen molar-refractivity contribution in [2.45, 2.75) is 25.9 Å². The van der Waals surface area contributed by atoms with Crippen molar-refractivity contribution >= 4 is 27.5 Å². The number of hydrogen-bond acceptors (Lipinski definition) is 2. The fraction of sp³-hybridized carbons (Fsp3) is 0.235. The number of halogens is 1. The van der Waals surface area contributed by atoms with E-state index in [1.165, 1.54) is 5.56 Å². The molecule has 1 aliphatic rings. The second-order valence-electron chi connectivity index (χ2n) is 4.88. The monoisotopic (exact) mass is 329 g/mol. The maximum Gasteiger partial charge on any atom is 0.221 e. The molecule has 1 atom stereocenters. The van der Waals surface area contributed by atoms with E-state index in [1.54, 1.807) is 0 Å². The molecule has 3 heteroatoms. The molecule has 0 saturated carbocycles. The van der Waals surface area contributed by atoms with E-state index in [1.807, 2.05) is 36.4 Å². The topological polar surface area (TPSA) is 21.6 Å². The molecule has 1 unspecified atom stereocenters. The van der Waals surface area contributed by atoms with E-state index in [9.17, 15) is 0 Å². The molecule has 0 amide bonds. The normalized spacial score (nSPS) is 17.1. The molecule has 0 aliphatic carbocycles. The molecule has 1 aliphatic heterocycles. The Morgan fingerprint density at radius 2 is 1.85 bits per heavy atom. The van der Waals surface area contributed by atoms with E-state index < -0.39 is 0 Å². The van der Waals surface area contributed by atoms with Crippen LogP contribution in [0.3, 0.4) is 0 Å². The summed E-state index contributed by atoms with van der Waals surface area (Å²) < 4.78 is 7.17. The molecule has 0 spiro atoms. The summed E-state index contributed by atoms with van der Waals surface area (Å²) in [6.07, 6.45) is 2.20. The molecule has 0 bridgehead atoms. The number of aliphatic imine (C=N–C) groups is 1. The molecule has 20 heavy (non-hydrogen) atoms. The smallest absolute Gasteiger partial charge is 0.221 e. The first-order valence-corrected chi connectivity index (χ1v) is 7.67. The summed E-state index contributed by atoms with van der Waals surface area (Å²) in [6, 6.07) is 16.3. The number of nitrogens with zero attached hydrogens (tertiary/aromatic N) is 1. The largest absolute Gasteiger partial charge is 0.469 e. The first-order valence-electron chi connectivity index (χ1n) is 6.88. The van der Waals surface area contributed by atoms with Gasteiger partial charge in [-0.25, -0.2) is 4.99 Å². The Morgan fingerprint density at radius 1 is 1.10 bits per heavy atom. The first kappa shape index (κ1) is 13.4. The minimum atomic E-state index is 0.104. The highest BCUT2D eigenvalue weighted by atomic mass is 79.9. The first-order chi connectivity index (χ1) is 9.78. The van der Waals surface area contributed by atoms with Crippen LogP contribution in [0.4, 0.5) is 5.69 Å². The van der Waals surface area contributed by atoms with Crippen LogP contribution in [-0.2, 0) is 4.74 Å². The molecule has 0 radical (unpaired) electrons. The number of fused-ring (bicyclic) bond motifs is 1. The third kappa shape index (κ3) is 2.63. The van der Waals surface area contributed by atoms with Gasteiger partial charge in [-0.1, -0.05) is 47.5 Å². The lowest BCUT2D eigenvalue weighted by atomic mass is 10.0. The zero-order valence-electron chi connectivity index (χ0n) is 11.3. The second kappa shape index (κ2) is 5.80. The van der Waals surface area contributed by atoms with Gasteiger partial charge in [0.2, 0.25) is 5.90 Å². The van der Waals surface area contributed by atoms with Crippen LogP contribution in [-0.4, -0.2) is 5.90 Å². The van der Waals surface area contributed by atoms with Gasteiger partial charge in [-0.2, -0.15) is 0 Å². The average molecular weight is 330 g/mol. The van der Waals surface area contributed by atoms with Gasteiger partial charge in [-0.3, -0.25) is 0 Å². The van der Waals surface area contributed by atoms with Crippen LogP contribution in [0.1, 0.15) is 37.0 Å². The average Bonchev–Trinajstić information content (AvgIpc) is 2.48. The molecule has 2 aromatic carbocycles. The fourth-order valence-corrected chi connectivity index (χ4v) is 2.66. The van der Waals surface area contributed by atoms with E-state index in [0.717, 1.165) is 34.5 Å². The lowest BCUT2D eigenvalue weighted by Crippen LogP contribution is -2.16. The third-order valence-corrected chi connectivity index (χ3v) is 3.93. The summed E-state index contributed by atoms with van der Waals surface area (Å²) in [7, 11) is 0. The SMILES string of the molecule is CCCC1OC(c2ccc(Br)cc2)=Nc2ccccc21. The van der Waals surface area contributed by atoms with E-state index in [0.29, 0.717) is 0 Å². The van der Waals surface area contributed by atoms with E-state index in [2.05, 4.69) is 40.0 Å². The molecule has 0 fully saturated rings. The Kier molecular flexibility index (Phi) is 3.88. The van der Waals surface area contributed by atoms with Crippen LogP contribution in [0.15, 0.2) is 58.0 Å². The molecule has 3 rings (SSSR count). The summed E-state index contributed by atoms with van der Waals surface area (Å²) in [6.45, 7) is 2.18. The summed E-state index contributed by atoms with van der Waals surface area (Å²) in [4.78, 5) is 4.66. The van der Waals surface area contributed by atoms with Crippen LogP contribution < -0.4 is 0 Å². The minimum absolute atomic E-state index is 0.104. The number of benzene rings is 2. The summed E-state index contributed by atoms with van der Waals surface area (Å²) in [5, 5.41) is 0. The highest BCUT2D eigenvalue weighted by Crippen LogP contribution is 2.36. The van der Waals surface area contributed by atoms with E-state index in [-0.39, 0.29) is 6.10 Å². The van der Waals surface area contributed by atoms with Crippen LogP contribution >= 0.6 is 15.9 Å². The summed E-state index contributed by atoms with van der Waals surface area (Å²) in [5.41, 5.74) is 3.23. The lowest BCUT2D eigenvalue weighted by Gasteiger charge is -2.26. The Labute approximate surface area is 127 Å². The highest BCUT2D eigenvalue weighted by Gasteiger charge is 2.23. The van der Waals surface area contributed by atoms with Gasteiger partial charge >= 0.3 is 0 Å². The Morgan fingerprint density at radius 3 is 2.60 bits per heavy atom. The van der Waals surface area contributed by atoms with Crippen molar-refractivity contribution < 1.29 is 4.74 Å². The molecule has 102 valence electrons. The van der Waals surface area contributed by atoms with Crippen LogP contribution in [0.2, 0.25) is 0 Å². The highest BCUT2D eigenvalue weighted by molar-refractivity contribution is 9.10. The fourth-order valence-electron chi connectivity index (χ4n) is 2.40. The summed E-state index contributed by atoms with van der Waals surface area (Å²) >= 11 is 3.45. The third-order valence-electron chi connectivity index (χ3n) is 3.40. The lowest BCUT2D eigenvalue weighted by molar-refractivity contribution is 0.177. The maximum absolute atomic E-state index is 6.11. The number of rotatable bonds is 3. The summed E-state index contributed by atoms with van der Waals surface area (Å²) in [5.74, 6) is 0.717. The second-order valence-corrected chi connectivity index (χ2v) is 5.79. The van der Waals surface area contributed by atoms with Gasteiger partial charge in [0.05, 0.1) is 5.69 Å². The van der Waals surface area contributed by atoms with Crippen LogP contribution in [0.25, 0.3) is 0 Å². The van der Waals surface area contributed by atoms with E-state index >= 15 is 0 Å². The van der Waals surface area contributed by atoms with Gasteiger partial charge in [0.25, 0.3) is 0 Å². The van der Waals surface area contributed by atoms with Crippen molar-refractivity contribution in [2.24, 2.45) is 4.99 Å². The van der Waals surface area contributed by atoms with Gasteiger partial charge in [0, 0.05) is 15.6 Å².